The van der Waals surface area contributed by atoms with E-state index in [1.807, 2.05) is 43.3 Å². The van der Waals surface area contributed by atoms with Crippen molar-refractivity contribution in [3.8, 4) is 0 Å². The molecule has 0 aromatic heterocycles. The fourth-order valence-electron chi connectivity index (χ4n) is 2.29. The summed E-state index contributed by atoms with van der Waals surface area (Å²) < 4.78 is 0. The molecule has 0 amide bonds. The van der Waals surface area contributed by atoms with Crippen LogP contribution in [-0.2, 0) is 5.60 Å². The van der Waals surface area contributed by atoms with Crippen molar-refractivity contribution in [1.82, 2.24) is 4.90 Å². The summed E-state index contributed by atoms with van der Waals surface area (Å²) in [5, 5.41) is 10.6. The van der Waals surface area contributed by atoms with Crippen LogP contribution in [0.1, 0.15) is 25.3 Å². The number of piperidine rings is 1. The maximum Gasteiger partial charge on any atom is 0.0930 e. The van der Waals surface area contributed by atoms with E-state index < -0.39 is 5.60 Å². The number of benzene rings is 1. The Hall–Kier alpha value is -1.28. The van der Waals surface area contributed by atoms with Crippen molar-refractivity contribution in [3.63, 3.8) is 0 Å². The summed E-state index contributed by atoms with van der Waals surface area (Å²) in [6, 6.07) is 10.0. The SMILES string of the molecule is CC=CN1CCC(O)(c2ccccc2)CC1. The van der Waals surface area contributed by atoms with Crippen molar-refractivity contribution >= 4 is 0 Å². The van der Waals surface area contributed by atoms with E-state index >= 15 is 0 Å². The molecule has 0 bridgehead atoms. The number of aliphatic hydroxyl groups is 1. The van der Waals surface area contributed by atoms with E-state index in [4.69, 9.17) is 0 Å². The largest absolute Gasteiger partial charge is 0.385 e. The molecular formula is C14H19NO. The molecule has 16 heavy (non-hydrogen) atoms. The Bertz CT molecular complexity index is 350. The quantitative estimate of drug-likeness (QED) is 0.822. The molecule has 1 saturated heterocycles. The Kier molecular flexibility index (Phi) is 3.30. The van der Waals surface area contributed by atoms with Crippen LogP contribution in [0.25, 0.3) is 0 Å². The molecule has 1 aliphatic rings. The molecule has 2 rings (SSSR count). The Morgan fingerprint density at radius 2 is 1.81 bits per heavy atom. The summed E-state index contributed by atoms with van der Waals surface area (Å²) >= 11 is 0. The molecular weight excluding hydrogens is 198 g/mol. The zero-order chi connectivity index (χ0) is 11.4. The lowest BCUT2D eigenvalue weighted by molar-refractivity contribution is -0.0161. The molecule has 1 heterocycles. The van der Waals surface area contributed by atoms with E-state index in [1.165, 1.54) is 0 Å². The van der Waals surface area contributed by atoms with Gasteiger partial charge in [0.1, 0.15) is 0 Å². The van der Waals surface area contributed by atoms with Gasteiger partial charge in [-0.2, -0.15) is 0 Å². The predicted molar refractivity (Wildman–Crippen MR) is 66.0 cm³/mol. The van der Waals surface area contributed by atoms with Crippen molar-refractivity contribution in [3.05, 3.63) is 48.2 Å². The number of rotatable bonds is 2. The highest BCUT2D eigenvalue weighted by molar-refractivity contribution is 5.23. The van der Waals surface area contributed by atoms with E-state index in [0.29, 0.717) is 0 Å². The van der Waals surface area contributed by atoms with Crippen molar-refractivity contribution in [2.75, 3.05) is 13.1 Å². The summed E-state index contributed by atoms with van der Waals surface area (Å²) in [4.78, 5) is 2.26. The van der Waals surface area contributed by atoms with Crippen LogP contribution >= 0.6 is 0 Å². The van der Waals surface area contributed by atoms with Crippen LogP contribution in [0.5, 0.6) is 0 Å². The maximum atomic E-state index is 10.6. The van der Waals surface area contributed by atoms with Gasteiger partial charge in [-0.05, 0) is 31.5 Å². The van der Waals surface area contributed by atoms with Gasteiger partial charge in [-0.25, -0.2) is 0 Å². The van der Waals surface area contributed by atoms with Crippen LogP contribution in [-0.4, -0.2) is 23.1 Å². The Balaban J connectivity index is 2.07. The minimum Gasteiger partial charge on any atom is -0.385 e. The fourth-order valence-corrected chi connectivity index (χ4v) is 2.29. The highest BCUT2D eigenvalue weighted by atomic mass is 16.3. The van der Waals surface area contributed by atoms with Crippen LogP contribution < -0.4 is 0 Å². The number of likely N-dealkylation sites (tertiary alicyclic amines) is 1. The van der Waals surface area contributed by atoms with Crippen LogP contribution in [0.2, 0.25) is 0 Å². The van der Waals surface area contributed by atoms with E-state index in [9.17, 15) is 5.11 Å². The topological polar surface area (TPSA) is 23.5 Å². The third-order valence-corrected chi connectivity index (χ3v) is 3.30. The molecule has 86 valence electrons. The van der Waals surface area contributed by atoms with Gasteiger partial charge in [-0.1, -0.05) is 36.4 Å². The van der Waals surface area contributed by atoms with Gasteiger partial charge in [-0.15, -0.1) is 0 Å². The predicted octanol–water partition coefficient (Wildman–Crippen LogP) is 2.50. The lowest BCUT2D eigenvalue weighted by Gasteiger charge is -2.38. The highest BCUT2D eigenvalue weighted by Crippen LogP contribution is 2.32. The van der Waals surface area contributed by atoms with Crippen molar-refractivity contribution in [1.29, 1.82) is 0 Å². The average molecular weight is 217 g/mol. The maximum absolute atomic E-state index is 10.6. The van der Waals surface area contributed by atoms with Gasteiger partial charge in [0.05, 0.1) is 5.60 Å². The summed E-state index contributed by atoms with van der Waals surface area (Å²) in [6.07, 6.45) is 5.76. The third kappa shape index (κ3) is 2.27. The normalized spacial score (nSPS) is 20.2. The van der Waals surface area contributed by atoms with E-state index in [1.54, 1.807) is 0 Å². The third-order valence-electron chi connectivity index (χ3n) is 3.30. The first-order valence-corrected chi connectivity index (χ1v) is 5.89. The number of allylic oxidation sites excluding steroid dienone is 1. The fraction of sp³-hybridized carbons (Fsp3) is 0.429. The van der Waals surface area contributed by atoms with Gasteiger partial charge in [-0.3, -0.25) is 0 Å². The number of hydrogen-bond acceptors (Lipinski definition) is 2. The molecule has 2 heteroatoms. The lowest BCUT2D eigenvalue weighted by Crippen LogP contribution is -2.40. The summed E-state index contributed by atoms with van der Waals surface area (Å²) in [7, 11) is 0. The lowest BCUT2D eigenvalue weighted by atomic mass is 9.84. The second kappa shape index (κ2) is 4.71. The van der Waals surface area contributed by atoms with Crippen LogP contribution in [0.4, 0.5) is 0 Å². The minimum absolute atomic E-state index is 0.626. The Morgan fingerprint density at radius 1 is 1.19 bits per heavy atom. The molecule has 0 radical (unpaired) electrons. The van der Waals surface area contributed by atoms with Gasteiger partial charge in [0, 0.05) is 13.1 Å². The second-order valence-electron chi connectivity index (χ2n) is 4.42. The van der Waals surface area contributed by atoms with Crippen molar-refractivity contribution in [2.24, 2.45) is 0 Å². The highest BCUT2D eigenvalue weighted by Gasteiger charge is 2.32. The Labute approximate surface area is 97.2 Å². The van der Waals surface area contributed by atoms with Crippen LogP contribution in [0, 0.1) is 0 Å². The molecule has 1 aromatic carbocycles. The average Bonchev–Trinajstić information content (AvgIpc) is 2.34. The van der Waals surface area contributed by atoms with E-state index in [-0.39, 0.29) is 0 Å². The molecule has 0 aliphatic carbocycles. The molecule has 0 saturated carbocycles. The van der Waals surface area contributed by atoms with Gasteiger partial charge >= 0.3 is 0 Å². The molecule has 1 N–H and O–H groups in total. The van der Waals surface area contributed by atoms with Gasteiger partial charge in [0.25, 0.3) is 0 Å². The van der Waals surface area contributed by atoms with E-state index in [0.717, 1.165) is 31.5 Å². The van der Waals surface area contributed by atoms with E-state index in [2.05, 4.69) is 11.1 Å². The summed E-state index contributed by atoms with van der Waals surface area (Å²) in [6.45, 7) is 3.88. The first kappa shape index (κ1) is 11.2. The van der Waals surface area contributed by atoms with Crippen LogP contribution in [0.15, 0.2) is 42.6 Å². The molecule has 0 unspecified atom stereocenters. The number of nitrogens with zero attached hydrogens (tertiary/aromatic N) is 1. The zero-order valence-corrected chi connectivity index (χ0v) is 9.76. The van der Waals surface area contributed by atoms with Gasteiger partial charge < -0.3 is 10.0 Å². The molecule has 2 nitrogen and oxygen atoms in total. The summed E-state index contributed by atoms with van der Waals surface area (Å²) in [5.41, 5.74) is 0.425. The first-order chi connectivity index (χ1) is 7.74. The molecule has 1 aromatic rings. The Morgan fingerprint density at radius 3 is 2.38 bits per heavy atom. The first-order valence-electron chi connectivity index (χ1n) is 5.89. The summed E-state index contributed by atoms with van der Waals surface area (Å²) in [5.74, 6) is 0. The molecule has 1 aliphatic heterocycles. The zero-order valence-electron chi connectivity index (χ0n) is 9.76. The molecule has 0 spiro atoms. The molecule has 1 fully saturated rings. The van der Waals surface area contributed by atoms with Crippen molar-refractivity contribution < 1.29 is 5.11 Å². The smallest absolute Gasteiger partial charge is 0.0930 e. The van der Waals surface area contributed by atoms with Crippen molar-refractivity contribution in [2.45, 2.75) is 25.4 Å². The van der Waals surface area contributed by atoms with Gasteiger partial charge in [0.2, 0.25) is 0 Å². The van der Waals surface area contributed by atoms with Crippen LogP contribution in [0.3, 0.4) is 0 Å². The standard InChI is InChI=1S/C14H19NO/c1-2-10-15-11-8-14(16,9-12-15)13-6-4-3-5-7-13/h2-7,10,16H,8-9,11-12H2,1H3. The monoisotopic (exact) mass is 217 g/mol. The number of hydrogen-bond donors (Lipinski definition) is 1. The minimum atomic E-state index is -0.626. The second-order valence-corrected chi connectivity index (χ2v) is 4.42. The molecule has 0 atom stereocenters. The van der Waals surface area contributed by atoms with Gasteiger partial charge in [0.15, 0.2) is 0 Å².